The van der Waals surface area contributed by atoms with Gasteiger partial charge in [-0.2, -0.15) is 5.06 Å². The highest BCUT2D eigenvalue weighted by atomic mass is 16.5. The Balaban J connectivity index is 2.26. The minimum atomic E-state index is 0.699. The Morgan fingerprint density at radius 1 is 1.71 bits per heavy atom. The summed E-state index contributed by atoms with van der Waals surface area (Å²) < 4.78 is 0. The first-order chi connectivity index (χ1) is 3.29. The Kier molecular flexibility index (Phi) is 1.30. The molecule has 0 aromatic rings. The molecule has 1 atom stereocenters. The average molecular weight is 101 g/mol. The summed E-state index contributed by atoms with van der Waals surface area (Å²) in [5.74, 6) is 0.699. The molecule has 1 heterocycles. The van der Waals surface area contributed by atoms with E-state index in [9.17, 15) is 0 Å². The third-order valence-corrected chi connectivity index (χ3v) is 1.40. The van der Waals surface area contributed by atoms with Gasteiger partial charge in [-0.3, -0.25) is 0 Å². The van der Waals surface area contributed by atoms with Crippen molar-refractivity contribution in [1.82, 2.24) is 5.06 Å². The second kappa shape index (κ2) is 1.80. The topological polar surface area (TPSA) is 23.5 Å². The van der Waals surface area contributed by atoms with Crippen LogP contribution in [0.2, 0.25) is 0 Å². The summed E-state index contributed by atoms with van der Waals surface area (Å²) in [4.78, 5) is 0. The molecule has 1 aliphatic heterocycles. The standard InChI is InChI=1S/C5H11NO/c1-5-2-3-6(7)4-5/h5,7H,2-4H2,1H3/t5-/m0/s1. The molecule has 1 aliphatic rings. The largest absolute Gasteiger partial charge is 0.314 e. The van der Waals surface area contributed by atoms with Gasteiger partial charge in [0.25, 0.3) is 0 Å². The zero-order chi connectivity index (χ0) is 5.28. The van der Waals surface area contributed by atoms with Gasteiger partial charge < -0.3 is 5.21 Å². The molecule has 0 radical (unpaired) electrons. The minimum Gasteiger partial charge on any atom is -0.314 e. The lowest BCUT2D eigenvalue weighted by Crippen LogP contribution is -2.13. The molecule has 0 unspecified atom stereocenters. The number of hydrogen-bond donors (Lipinski definition) is 1. The molecule has 1 rings (SSSR count). The van der Waals surface area contributed by atoms with E-state index in [2.05, 4.69) is 6.92 Å². The van der Waals surface area contributed by atoms with Gasteiger partial charge in [-0.05, 0) is 12.3 Å². The van der Waals surface area contributed by atoms with Crippen LogP contribution in [0.25, 0.3) is 0 Å². The van der Waals surface area contributed by atoms with E-state index in [0.29, 0.717) is 5.92 Å². The summed E-state index contributed by atoms with van der Waals surface area (Å²) in [7, 11) is 0. The normalized spacial score (nSPS) is 34.3. The van der Waals surface area contributed by atoms with Crippen LogP contribution in [0.1, 0.15) is 13.3 Å². The first-order valence-electron chi connectivity index (χ1n) is 2.73. The molecule has 7 heavy (non-hydrogen) atoms. The number of hydroxylamine groups is 2. The highest BCUT2D eigenvalue weighted by Gasteiger charge is 2.15. The molecule has 0 amide bonds. The molecule has 2 heteroatoms. The Bertz CT molecular complexity index is 57.1. The van der Waals surface area contributed by atoms with Gasteiger partial charge in [0.2, 0.25) is 0 Å². The molecule has 0 aliphatic carbocycles. The molecule has 1 fully saturated rings. The summed E-state index contributed by atoms with van der Waals surface area (Å²) >= 11 is 0. The highest BCUT2D eigenvalue weighted by molar-refractivity contribution is 4.64. The highest BCUT2D eigenvalue weighted by Crippen LogP contribution is 2.11. The molecule has 0 spiro atoms. The van der Waals surface area contributed by atoms with Crippen molar-refractivity contribution in [1.29, 1.82) is 0 Å². The summed E-state index contributed by atoms with van der Waals surface area (Å²) in [5.41, 5.74) is 0. The Hall–Kier alpha value is -0.0800. The molecule has 1 N–H and O–H groups in total. The molecule has 0 saturated carbocycles. The van der Waals surface area contributed by atoms with Gasteiger partial charge in [-0.25, -0.2) is 0 Å². The maximum atomic E-state index is 8.73. The molecule has 42 valence electrons. The number of rotatable bonds is 0. The first kappa shape index (κ1) is 5.06. The summed E-state index contributed by atoms with van der Waals surface area (Å²) in [6.07, 6.45) is 1.15. The molecule has 0 aromatic carbocycles. The van der Waals surface area contributed by atoms with Crippen molar-refractivity contribution in [3.05, 3.63) is 0 Å². The molecule has 2 nitrogen and oxygen atoms in total. The Morgan fingerprint density at radius 2 is 2.43 bits per heavy atom. The summed E-state index contributed by atoms with van der Waals surface area (Å²) in [6, 6.07) is 0. The van der Waals surface area contributed by atoms with Crippen molar-refractivity contribution >= 4 is 0 Å². The molecule has 1 saturated heterocycles. The van der Waals surface area contributed by atoms with Crippen molar-refractivity contribution in [2.24, 2.45) is 5.92 Å². The second-order valence-corrected chi connectivity index (χ2v) is 2.31. The zero-order valence-corrected chi connectivity index (χ0v) is 4.59. The van der Waals surface area contributed by atoms with E-state index in [0.717, 1.165) is 19.5 Å². The fourth-order valence-corrected chi connectivity index (χ4v) is 0.912. The zero-order valence-electron chi connectivity index (χ0n) is 4.59. The summed E-state index contributed by atoms with van der Waals surface area (Å²) in [5, 5.41) is 10.1. The second-order valence-electron chi connectivity index (χ2n) is 2.31. The van der Waals surface area contributed by atoms with Crippen LogP contribution in [-0.2, 0) is 0 Å². The molecule has 0 bridgehead atoms. The van der Waals surface area contributed by atoms with Crippen LogP contribution in [0.5, 0.6) is 0 Å². The third kappa shape index (κ3) is 1.14. The number of hydrogen-bond acceptors (Lipinski definition) is 2. The van der Waals surface area contributed by atoms with Gasteiger partial charge >= 0.3 is 0 Å². The van der Waals surface area contributed by atoms with Gasteiger partial charge in [0.1, 0.15) is 0 Å². The van der Waals surface area contributed by atoms with Gasteiger partial charge in [-0.1, -0.05) is 6.92 Å². The van der Waals surface area contributed by atoms with E-state index in [1.54, 1.807) is 0 Å². The predicted octanol–water partition coefficient (Wildman–Crippen LogP) is 0.717. The van der Waals surface area contributed by atoms with Crippen LogP contribution in [-0.4, -0.2) is 23.4 Å². The van der Waals surface area contributed by atoms with Gasteiger partial charge in [0.05, 0.1) is 0 Å². The monoisotopic (exact) mass is 101 g/mol. The van der Waals surface area contributed by atoms with Crippen LogP contribution >= 0.6 is 0 Å². The quantitative estimate of drug-likeness (QED) is 0.486. The Labute approximate surface area is 43.7 Å². The smallest absolute Gasteiger partial charge is 0.0264 e. The van der Waals surface area contributed by atoms with E-state index in [1.165, 1.54) is 5.06 Å². The van der Waals surface area contributed by atoms with Crippen LogP contribution in [0.15, 0.2) is 0 Å². The summed E-state index contributed by atoms with van der Waals surface area (Å²) in [6.45, 7) is 3.87. The van der Waals surface area contributed by atoms with Crippen molar-refractivity contribution in [2.45, 2.75) is 13.3 Å². The molecular weight excluding hydrogens is 90.1 g/mol. The van der Waals surface area contributed by atoms with Crippen molar-refractivity contribution in [3.63, 3.8) is 0 Å². The van der Waals surface area contributed by atoms with Crippen molar-refractivity contribution in [2.75, 3.05) is 13.1 Å². The predicted molar refractivity (Wildman–Crippen MR) is 27.1 cm³/mol. The lowest BCUT2D eigenvalue weighted by molar-refractivity contribution is -0.0707. The lowest BCUT2D eigenvalue weighted by Gasteiger charge is -2.01. The number of nitrogens with zero attached hydrogens (tertiary/aromatic N) is 1. The van der Waals surface area contributed by atoms with E-state index in [4.69, 9.17) is 5.21 Å². The molecule has 0 aromatic heterocycles. The Morgan fingerprint density at radius 3 is 2.57 bits per heavy atom. The van der Waals surface area contributed by atoms with Crippen LogP contribution in [0.4, 0.5) is 0 Å². The SMILES string of the molecule is C[C@H]1CCN(O)C1. The van der Waals surface area contributed by atoms with Crippen molar-refractivity contribution < 1.29 is 5.21 Å². The van der Waals surface area contributed by atoms with Crippen LogP contribution in [0.3, 0.4) is 0 Å². The first-order valence-corrected chi connectivity index (χ1v) is 2.73. The molecular formula is C5H11NO. The lowest BCUT2D eigenvalue weighted by atomic mass is 10.2. The third-order valence-electron chi connectivity index (χ3n) is 1.40. The van der Waals surface area contributed by atoms with Gasteiger partial charge in [0, 0.05) is 13.1 Å². The average Bonchev–Trinajstić information content (AvgIpc) is 1.87. The fraction of sp³-hybridized carbons (Fsp3) is 1.00. The maximum Gasteiger partial charge on any atom is 0.0264 e. The van der Waals surface area contributed by atoms with Crippen LogP contribution in [0, 0.1) is 5.92 Å². The van der Waals surface area contributed by atoms with Crippen molar-refractivity contribution in [3.8, 4) is 0 Å². The van der Waals surface area contributed by atoms with E-state index in [1.807, 2.05) is 0 Å². The van der Waals surface area contributed by atoms with E-state index >= 15 is 0 Å². The van der Waals surface area contributed by atoms with E-state index in [-0.39, 0.29) is 0 Å². The van der Waals surface area contributed by atoms with Gasteiger partial charge in [-0.15, -0.1) is 0 Å². The minimum absolute atomic E-state index is 0.699. The maximum absolute atomic E-state index is 8.73. The fourth-order valence-electron chi connectivity index (χ4n) is 0.912. The van der Waals surface area contributed by atoms with E-state index < -0.39 is 0 Å². The van der Waals surface area contributed by atoms with Crippen LogP contribution < -0.4 is 0 Å². The van der Waals surface area contributed by atoms with Gasteiger partial charge in [0.15, 0.2) is 0 Å².